The molecule has 0 spiro atoms. The Labute approximate surface area is 123 Å². The molecule has 2 unspecified atom stereocenters. The number of nitrogens with zero attached hydrogens (tertiary/aromatic N) is 2. The van der Waals surface area contributed by atoms with Crippen molar-refractivity contribution < 1.29 is 4.79 Å². The zero-order chi connectivity index (χ0) is 14.5. The molecule has 0 radical (unpaired) electrons. The van der Waals surface area contributed by atoms with Gasteiger partial charge in [0.25, 0.3) is 0 Å². The molecule has 0 aromatic rings. The molecular weight excluding hydrogens is 250 g/mol. The van der Waals surface area contributed by atoms with Crippen LogP contribution in [-0.2, 0) is 4.79 Å². The Kier molecular flexibility index (Phi) is 5.85. The van der Waals surface area contributed by atoms with Crippen LogP contribution in [0.15, 0.2) is 0 Å². The Hall–Kier alpha value is -0.610. The predicted octanol–water partition coefficient (Wildman–Crippen LogP) is 2.05. The van der Waals surface area contributed by atoms with E-state index in [1.54, 1.807) is 0 Å². The van der Waals surface area contributed by atoms with Gasteiger partial charge in [0.05, 0.1) is 12.2 Å². The first-order chi connectivity index (χ1) is 9.61. The summed E-state index contributed by atoms with van der Waals surface area (Å²) in [5.74, 6) is 0.951. The number of rotatable bonds is 7. The second-order valence-electron chi connectivity index (χ2n) is 6.73. The van der Waals surface area contributed by atoms with E-state index in [1.807, 2.05) is 0 Å². The molecule has 0 bridgehead atoms. The molecule has 116 valence electrons. The average molecular weight is 281 g/mol. The van der Waals surface area contributed by atoms with Gasteiger partial charge in [-0.1, -0.05) is 27.2 Å². The maximum atomic E-state index is 12.5. The van der Waals surface area contributed by atoms with Crippen molar-refractivity contribution in [2.45, 2.75) is 65.1 Å². The smallest absolute Gasteiger partial charge is 0.241 e. The summed E-state index contributed by atoms with van der Waals surface area (Å²) in [6.45, 7) is 11.0. The van der Waals surface area contributed by atoms with Crippen LogP contribution in [0.25, 0.3) is 0 Å². The minimum absolute atomic E-state index is 0.0577. The lowest BCUT2D eigenvalue weighted by molar-refractivity contribution is -0.130. The van der Waals surface area contributed by atoms with Crippen molar-refractivity contribution >= 4 is 5.91 Å². The molecule has 2 aliphatic heterocycles. The summed E-state index contributed by atoms with van der Waals surface area (Å²) in [6.07, 6.45) is 5.99. The summed E-state index contributed by atoms with van der Waals surface area (Å²) >= 11 is 0. The second kappa shape index (κ2) is 7.41. The SMILES string of the molecule is CCCC1NC(CC(C)C)N(CCN2CCCC2)C1=O. The van der Waals surface area contributed by atoms with Crippen LogP contribution in [0.4, 0.5) is 0 Å². The molecule has 0 aliphatic carbocycles. The van der Waals surface area contributed by atoms with E-state index >= 15 is 0 Å². The van der Waals surface area contributed by atoms with Crippen LogP contribution in [0.1, 0.15) is 52.9 Å². The first-order valence-electron chi connectivity index (χ1n) is 8.40. The van der Waals surface area contributed by atoms with E-state index in [-0.39, 0.29) is 12.2 Å². The van der Waals surface area contributed by atoms with Crippen molar-refractivity contribution in [3.63, 3.8) is 0 Å². The topological polar surface area (TPSA) is 35.6 Å². The third kappa shape index (κ3) is 3.95. The molecule has 2 fully saturated rings. The lowest BCUT2D eigenvalue weighted by atomic mass is 10.1. The molecule has 1 N–H and O–H groups in total. The van der Waals surface area contributed by atoms with Gasteiger partial charge in [-0.15, -0.1) is 0 Å². The molecule has 0 aromatic heterocycles. The molecule has 1 amide bonds. The maximum absolute atomic E-state index is 12.5. The number of likely N-dealkylation sites (tertiary alicyclic amines) is 1. The van der Waals surface area contributed by atoms with Gasteiger partial charge in [0.1, 0.15) is 0 Å². The van der Waals surface area contributed by atoms with Crippen LogP contribution >= 0.6 is 0 Å². The van der Waals surface area contributed by atoms with Crippen molar-refractivity contribution in [1.29, 1.82) is 0 Å². The van der Waals surface area contributed by atoms with Crippen LogP contribution in [0.3, 0.4) is 0 Å². The standard InChI is InChI=1S/C16H31N3O/c1-4-7-14-16(20)19(15(17-14)12-13(2)3)11-10-18-8-5-6-9-18/h13-15,17H,4-12H2,1-3H3. The van der Waals surface area contributed by atoms with Crippen LogP contribution in [0, 0.1) is 5.92 Å². The summed E-state index contributed by atoms with van der Waals surface area (Å²) in [5.41, 5.74) is 0. The second-order valence-corrected chi connectivity index (χ2v) is 6.73. The molecule has 0 saturated carbocycles. The van der Waals surface area contributed by atoms with Crippen molar-refractivity contribution in [2.24, 2.45) is 5.92 Å². The Morgan fingerprint density at radius 3 is 2.55 bits per heavy atom. The van der Waals surface area contributed by atoms with Gasteiger partial charge in [-0.25, -0.2) is 0 Å². The van der Waals surface area contributed by atoms with E-state index in [2.05, 4.69) is 35.9 Å². The van der Waals surface area contributed by atoms with E-state index in [0.29, 0.717) is 11.8 Å². The molecule has 2 atom stereocenters. The Morgan fingerprint density at radius 2 is 1.95 bits per heavy atom. The molecule has 20 heavy (non-hydrogen) atoms. The molecule has 0 aromatic carbocycles. The van der Waals surface area contributed by atoms with E-state index in [4.69, 9.17) is 0 Å². The molecule has 2 saturated heterocycles. The lowest BCUT2D eigenvalue weighted by Crippen LogP contribution is -2.42. The number of carbonyl (C=O) groups is 1. The quantitative estimate of drug-likeness (QED) is 0.776. The highest BCUT2D eigenvalue weighted by molar-refractivity contribution is 5.84. The molecule has 2 rings (SSSR count). The van der Waals surface area contributed by atoms with Crippen molar-refractivity contribution in [3.05, 3.63) is 0 Å². The van der Waals surface area contributed by atoms with Crippen molar-refractivity contribution in [1.82, 2.24) is 15.1 Å². The fourth-order valence-corrected chi connectivity index (χ4v) is 3.41. The fraction of sp³-hybridized carbons (Fsp3) is 0.938. The molecule has 2 heterocycles. The first-order valence-corrected chi connectivity index (χ1v) is 8.40. The van der Waals surface area contributed by atoms with Crippen molar-refractivity contribution in [2.75, 3.05) is 26.2 Å². The highest BCUT2D eigenvalue weighted by Gasteiger charge is 2.38. The summed E-state index contributed by atoms with van der Waals surface area (Å²) < 4.78 is 0. The zero-order valence-corrected chi connectivity index (χ0v) is 13.4. The third-order valence-corrected chi connectivity index (χ3v) is 4.48. The molecule has 4 heteroatoms. The van der Waals surface area contributed by atoms with Gasteiger partial charge >= 0.3 is 0 Å². The summed E-state index contributed by atoms with van der Waals surface area (Å²) in [6, 6.07) is 0.0577. The van der Waals surface area contributed by atoms with Gasteiger partial charge < -0.3 is 9.80 Å². The average Bonchev–Trinajstić information content (AvgIpc) is 2.98. The lowest BCUT2D eigenvalue weighted by Gasteiger charge is -2.27. The predicted molar refractivity (Wildman–Crippen MR) is 82.5 cm³/mol. The van der Waals surface area contributed by atoms with Gasteiger partial charge in [-0.05, 0) is 44.7 Å². The first kappa shape index (κ1) is 15.8. The maximum Gasteiger partial charge on any atom is 0.241 e. The van der Waals surface area contributed by atoms with E-state index in [9.17, 15) is 4.79 Å². The number of hydrogen-bond acceptors (Lipinski definition) is 3. The van der Waals surface area contributed by atoms with Gasteiger partial charge in [-0.3, -0.25) is 10.1 Å². The Balaban J connectivity index is 1.91. The van der Waals surface area contributed by atoms with E-state index in [1.165, 1.54) is 25.9 Å². The summed E-state index contributed by atoms with van der Waals surface area (Å²) in [7, 11) is 0. The van der Waals surface area contributed by atoms with Gasteiger partial charge in [0.15, 0.2) is 0 Å². The van der Waals surface area contributed by atoms with Gasteiger partial charge in [0, 0.05) is 13.1 Å². The molecule has 4 nitrogen and oxygen atoms in total. The van der Waals surface area contributed by atoms with Crippen molar-refractivity contribution in [3.8, 4) is 0 Å². The van der Waals surface area contributed by atoms with Gasteiger partial charge in [-0.2, -0.15) is 0 Å². The Bertz CT molecular complexity index is 313. The fourth-order valence-electron chi connectivity index (χ4n) is 3.41. The summed E-state index contributed by atoms with van der Waals surface area (Å²) in [4.78, 5) is 17.1. The normalized spacial score (nSPS) is 28.0. The summed E-state index contributed by atoms with van der Waals surface area (Å²) in [5, 5.41) is 3.56. The third-order valence-electron chi connectivity index (χ3n) is 4.48. The van der Waals surface area contributed by atoms with E-state index in [0.717, 1.165) is 32.4 Å². The number of amides is 1. The van der Waals surface area contributed by atoms with E-state index < -0.39 is 0 Å². The highest BCUT2D eigenvalue weighted by Crippen LogP contribution is 2.20. The number of carbonyl (C=O) groups excluding carboxylic acids is 1. The molecule has 2 aliphatic rings. The highest BCUT2D eigenvalue weighted by atomic mass is 16.2. The largest absolute Gasteiger partial charge is 0.325 e. The number of nitrogens with one attached hydrogen (secondary N) is 1. The van der Waals surface area contributed by atoms with Crippen LogP contribution < -0.4 is 5.32 Å². The van der Waals surface area contributed by atoms with Gasteiger partial charge in [0.2, 0.25) is 5.91 Å². The van der Waals surface area contributed by atoms with Crippen LogP contribution in [-0.4, -0.2) is 54.1 Å². The monoisotopic (exact) mass is 281 g/mol. The van der Waals surface area contributed by atoms with Crippen LogP contribution in [0.5, 0.6) is 0 Å². The Morgan fingerprint density at radius 1 is 1.25 bits per heavy atom. The minimum atomic E-state index is 0.0577. The zero-order valence-electron chi connectivity index (χ0n) is 13.4. The van der Waals surface area contributed by atoms with Crippen LogP contribution in [0.2, 0.25) is 0 Å². The molecular formula is C16H31N3O. The minimum Gasteiger partial charge on any atom is -0.325 e. The number of hydrogen-bond donors (Lipinski definition) is 1.